The molecule has 3 aromatic rings. The van der Waals surface area contributed by atoms with E-state index >= 15 is 0 Å². The second kappa shape index (κ2) is 6.32. The number of rotatable bonds is 5. The van der Waals surface area contributed by atoms with E-state index in [4.69, 9.17) is 9.47 Å². The lowest BCUT2D eigenvalue weighted by atomic mass is 10.1. The van der Waals surface area contributed by atoms with Gasteiger partial charge in [0, 0.05) is 29.7 Å². The Morgan fingerprint density at radius 2 is 2.08 bits per heavy atom. The fourth-order valence-corrected chi connectivity index (χ4v) is 2.88. The molecule has 0 amide bonds. The van der Waals surface area contributed by atoms with Crippen LogP contribution >= 0.6 is 0 Å². The largest absolute Gasteiger partial charge is 0.480 e. The monoisotopic (exact) mass is 336 g/mol. The van der Waals surface area contributed by atoms with Crippen LogP contribution in [0, 0.1) is 0 Å². The summed E-state index contributed by atoms with van der Waals surface area (Å²) in [6.07, 6.45) is 3.73. The fraction of sp³-hybridized carbons (Fsp3) is 0.158. The number of aromatic amines is 1. The number of hydrogen-bond donors (Lipinski definition) is 2. The molecule has 0 spiro atoms. The molecular formula is C19H16N2O4. The summed E-state index contributed by atoms with van der Waals surface area (Å²) in [5.41, 5.74) is 2.70. The normalized spacial score (nSPS) is 14.2. The maximum atomic E-state index is 11.6. The van der Waals surface area contributed by atoms with E-state index in [1.165, 1.54) is 0 Å². The smallest absolute Gasteiger partial charge is 0.328 e. The molecule has 0 saturated carbocycles. The van der Waals surface area contributed by atoms with Crippen molar-refractivity contribution in [1.82, 2.24) is 4.98 Å². The third-order valence-corrected chi connectivity index (χ3v) is 4.17. The number of aliphatic carboxylic acids is 1. The van der Waals surface area contributed by atoms with Crippen molar-refractivity contribution in [3.8, 4) is 11.5 Å². The van der Waals surface area contributed by atoms with Gasteiger partial charge in [0.1, 0.15) is 0 Å². The first-order chi connectivity index (χ1) is 12.2. The number of carbonyl (C=O) groups is 1. The first kappa shape index (κ1) is 15.3. The van der Waals surface area contributed by atoms with Gasteiger partial charge in [0.15, 0.2) is 17.5 Å². The number of fused-ring (bicyclic) bond motifs is 2. The highest BCUT2D eigenvalue weighted by atomic mass is 16.7. The van der Waals surface area contributed by atoms with Crippen molar-refractivity contribution >= 4 is 23.1 Å². The number of ether oxygens (including phenoxy) is 2. The highest BCUT2D eigenvalue weighted by Gasteiger charge is 2.18. The minimum atomic E-state index is -0.956. The molecule has 1 aliphatic heterocycles. The molecule has 1 aromatic heterocycles. The summed E-state index contributed by atoms with van der Waals surface area (Å²) >= 11 is 0. The molecule has 0 fully saturated rings. The van der Waals surface area contributed by atoms with Crippen molar-refractivity contribution in [2.24, 2.45) is 4.99 Å². The third-order valence-electron chi connectivity index (χ3n) is 4.17. The van der Waals surface area contributed by atoms with Gasteiger partial charge in [-0.05, 0) is 35.4 Å². The molecule has 25 heavy (non-hydrogen) atoms. The summed E-state index contributed by atoms with van der Waals surface area (Å²) in [6.45, 7) is 0.203. The Bertz CT molecular complexity index is 961. The van der Waals surface area contributed by atoms with Crippen LogP contribution in [-0.2, 0) is 11.2 Å². The van der Waals surface area contributed by atoms with Gasteiger partial charge in [-0.25, -0.2) is 4.79 Å². The Morgan fingerprint density at radius 3 is 2.96 bits per heavy atom. The highest BCUT2D eigenvalue weighted by molar-refractivity contribution is 5.86. The standard InChI is InChI=1S/C19H16N2O4/c22-19(23)16(8-13-10-21-15-4-2-1-3-14(13)15)20-9-12-5-6-17-18(7-12)25-11-24-17/h1-7,9-10,16,21H,8,11H2,(H,22,23). The number of aliphatic imine (C=N–C) groups is 1. The SMILES string of the molecule is O=C(O)C(Cc1c[nH]c2ccccc12)N=Cc1ccc2c(c1)OCO2. The Kier molecular flexibility index (Phi) is 3.85. The summed E-state index contributed by atoms with van der Waals surface area (Å²) in [6, 6.07) is 12.4. The molecule has 6 nitrogen and oxygen atoms in total. The quantitative estimate of drug-likeness (QED) is 0.702. The summed E-state index contributed by atoms with van der Waals surface area (Å²) in [7, 11) is 0. The van der Waals surface area contributed by atoms with E-state index in [9.17, 15) is 9.90 Å². The first-order valence-electron chi connectivity index (χ1n) is 7.91. The summed E-state index contributed by atoms with van der Waals surface area (Å²) in [5, 5.41) is 10.5. The van der Waals surface area contributed by atoms with Crippen molar-refractivity contribution in [3.05, 3.63) is 59.8 Å². The fourth-order valence-electron chi connectivity index (χ4n) is 2.88. The maximum absolute atomic E-state index is 11.6. The summed E-state index contributed by atoms with van der Waals surface area (Å²) in [5.74, 6) is 0.375. The van der Waals surface area contributed by atoms with E-state index < -0.39 is 12.0 Å². The zero-order valence-corrected chi connectivity index (χ0v) is 13.3. The molecule has 0 radical (unpaired) electrons. The Balaban J connectivity index is 1.56. The molecule has 0 saturated heterocycles. The number of hydrogen-bond acceptors (Lipinski definition) is 4. The lowest BCUT2D eigenvalue weighted by molar-refractivity contribution is -0.138. The second-order valence-electron chi connectivity index (χ2n) is 5.81. The minimum absolute atomic E-state index is 0.203. The van der Waals surface area contributed by atoms with Crippen LogP contribution in [0.1, 0.15) is 11.1 Å². The lowest BCUT2D eigenvalue weighted by Crippen LogP contribution is -2.20. The van der Waals surface area contributed by atoms with Crippen LogP contribution in [0.4, 0.5) is 0 Å². The molecule has 2 heterocycles. The van der Waals surface area contributed by atoms with Gasteiger partial charge in [0.05, 0.1) is 0 Å². The van der Waals surface area contributed by atoms with Gasteiger partial charge < -0.3 is 19.6 Å². The molecule has 0 bridgehead atoms. The Hall–Kier alpha value is -3.28. The zero-order chi connectivity index (χ0) is 17.2. The summed E-state index contributed by atoms with van der Waals surface area (Å²) < 4.78 is 10.6. The summed E-state index contributed by atoms with van der Waals surface area (Å²) in [4.78, 5) is 19.0. The number of carboxylic acid groups (broad SMARTS) is 1. The number of carboxylic acids is 1. The number of aromatic nitrogens is 1. The molecular weight excluding hydrogens is 320 g/mol. The molecule has 0 aliphatic carbocycles. The molecule has 2 aromatic carbocycles. The molecule has 1 unspecified atom stereocenters. The number of para-hydroxylation sites is 1. The van der Waals surface area contributed by atoms with Gasteiger partial charge in [-0.1, -0.05) is 18.2 Å². The van der Waals surface area contributed by atoms with Gasteiger partial charge in [0.2, 0.25) is 6.79 Å². The Labute approximate surface area is 143 Å². The van der Waals surface area contributed by atoms with Crippen LogP contribution in [0.15, 0.2) is 53.7 Å². The van der Waals surface area contributed by atoms with Crippen molar-refractivity contribution in [1.29, 1.82) is 0 Å². The number of nitrogens with zero attached hydrogens (tertiary/aromatic N) is 1. The molecule has 1 aliphatic rings. The predicted octanol–water partition coefficient (Wildman–Crippen LogP) is 3.01. The lowest BCUT2D eigenvalue weighted by Gasteiger charge is -2.07. The molecule has 1 atom stereocenters. The van der Waals surface area contributed by atoms with E-state index in [1.54, 1.807) is 18.3 Å². The van der Waals surface area contributed by atoms with Crippen molar-refractivity contribution in [2.75, 3.05) is 6.79 Å². The van der Waals surface area contributed by atoms with E-state index in [0.29, 0.717) is 17.9 Å². The van der Waals surface area contributed by atoms with Crippen LogP contribution in [0.2, 0.25) is 0 Å². The average Bonchev–Trinajstić information content (AvgIpc) is 3.24. The predicted molar refractivity (Wildman–Crippen MR) is 93.6 cm³/mol. The van der Waals surface area contributed by atoms with E-state index in [-0.39, 0.29) is 6.79 Å². The molecule has 4 rings (SSSR count). The topological polar surface area (TPSA) is 83.9 Å². The minimum Gasteiger partial charge on any atom is -0.480 e. The average molecular weight is 336 g/mol. The van der Waals surface area contributed by atoms with Crippen molar-refractivity contribution in [3.63, 3.8) is 0 Å². The van der Waals surface area contributed by atoms with Crippen molar-refractivity contribution in [2.45, 2.75) is 12.5 Å². The second-order valence-corrected chi connectivity index (χ2v) is 5.81. The number of H-pyrrole nitrogens is 1. The van der Waals surface area contributed by atoms with Gasteiger partial charge >= 0.3 is 5.97 Å². The Morgan fingerprint density at radius 1 is 1.24 bits per heavy atom. The van der Waals surface area contributed by atoms with E-state index in [0.717, 1.165) is 22.0 Å². The van der Waals surface area contributed by atoms with Gasteiger partial charge in [-0.15, -0.1) is 0 Å². The van der Waals surface area contributed by atoms with Gasteiger partial charge in [0.25, 0.3) is 0 Å². The van der Waals surface area contributed by atoms with Gasteiger partial charge in [-0.2, -0.15) is 0 Å². The third kappa shape index (κ3) is 3.06. The van der Waals surface area contributed by atoms with Crippen LogP contribution in [0.5, 0.6) is 11.5 Å². The van der Waals surface area contributed by atoms with Crippen LogP contribution in [-0.4, -0.2) is 35.1 Å². The molecule has 126 valence electrons. The number of nitrogens with one attached hydrogen (secondary N) is 1. The highest BCUT2D eigenvalue weighted by Crippen LogP contribution is 2.32. The van der Waals surface area contributed by atoms with Crippen LogP contribution in [0.25, 0.3) is 10.9 Å². The van der Waals surface area contributed by atoms with Crippen molar-refractivity contribution < 1.29 is 19.4 Å². The van der Waals surface area contributed by atoms with Crippen LogP contribution < -0.4 is 9.47 Å². The molecule has 6 heteroatoms. The van der Waals surface area contributed by atoms with Gasteiger partial charge in [-0.3, -0.25) is 4.99 Å². The zero-order valence-electron chi connectivity index (χ0n) is 13.3. The maximum Gasteiger partial charge on any atom is 0.328 e. The van der Waals surface area contributed by atoms with E-state index in [2.05, 4.69) is 9.98 Å². The first-order valence-corrected chi connectivity index (χ1v) is 7.91. The van der Waals surface area contributed by atoms with Crippen LogP contribution in [0.3, 0.4) is 0 Å². The number of benzene rings is 2. The molecule has 2 N–H and O–H groups in total. The van der Waals surface area contributed by atoms with E-state index in [1.807, 2.05) is 36.5 Å².